The van der Waals surface area contributed by atoms with Gasteiger partial charge in [-0.25, -0.2) is 4.79 Å². The summed E-state index contributed by atoms with van der Waals surface area (Å²) in [6.45, 7) is 1.32. The van der Waals surface area contributed by atoms with Crippen molar-refractivity contribution in [2.24, 2.45) is 5.92 Å². The zero-order valence-electron chi connectivity index (χ0n) is 11.6. The summed E-state index contributed by atoms with van der Waals surface area (Å²) >= 11 is 6.72. The number of alkyl halides is 1. The summed E-state index contributed by atoms with van der Waals surface area (Å²) in [6, 6.07) is 1.66. The van der Waals surface area contributed by atoms with Crippen molar-refractivity contribution in [2.75, 3.05) is 20.3 Å². The molecule has 2 heterocycles. The van der Waals surface area contributed by atoms with E-state index in [0.29, 0.717) is 40.0 Å². The van der Waals surface area contributed by atoms with Crippen molar-refractivity contribution in [1.82, 2.24) is 4.98 Å². The van der Waals surface area contributed by atoms with E-state index in [1.807, 2.05) is 0 Å². The van der Waals surface area contributed by atoms with Gasteiger partial charge in [0.1, 0.15) is 6.10 Å². The summed E-state index contributed by atoms with van der Waals surface area (Å²) in [5.41, 5.74) is 1.51. The number of halogens is 2. The first-order chi connectivity index (χ1) is 10.1. The Morgan fingerprint density at radius 2 is 2.24 bits per heavy atom. The number of methoxy groups -OCH3 is 1. The Kier molecular flexibility index (Phi) is 6.16. The largest absolute Gasteiger partial charge is 0.465 e. The molecule has 21 heavy (non-hydrogen) atoms. The predicted octanol–water partition coefficient (Wildman–Crippen LogP) is 2.99. The summed E-state index contributed by atoms with van der Waals surface area (Å²) in [5.74, 6) is -0.320. The Hall–Kier alpha value is -0.500. The summed E-state index contributed by atoms with van der Waals surface area (Å²) in [7, 11) is 1.33. The fraction of sp³-hybridized carbons (Fsp3) is 0.571. The zero-order valence-corrected chi connectivity index (χ0v) is 14.8. The van der Waals surface area contributed by atoms with Gasteiger partial charge < -0.3 is 14.6 Å². The number of esters is 1. The second kappa shape index (κ2) is 7.67. The number of carbonyl (C=O) groups excluding carboxylic acids is 1. The molecule has 0 aromatic carbocycles. The Labute approximate surface area is 140 Å². The van der Waals surface area contributed by atoms with Gasteiger partial charge in [0.25, 0.3) is 0 Å². The third-order valence-electron chi connectivity index (χ3n) is 3.61. The van der Waals surface area contributed by atoms with Gasteiger partial charge in [0.2, 0.25) is 0 Å². The Bertz CT molecular complexity index is 518. The van der Waals surface area contributed by atoms with Gasteiger partial charge in [0.15, 0.2) is 0 Å². The molecule has 0 amide bonds. The summed E-state index contributed by atoms with van der Waals surface area (Å²) in [6.07, 6.45) is 0.933. The van der Waals surface area contributed by atoms with E-state index in [0.717, 1.165) is 12.8 Å². The average molecular weight is 423 g/mol. The molecule has 1 fully saturated rings. The Morgan fingerprint density at radius 1 is 1.57 bits per heavy atom. The molecular weight excluding hydrogens is 406 g/mol. The predicted molar refractivity (Wildman–Crippen MR) is 84.4 cm³/mol. The Morgan fingerprint density at radius 3 is 2.81 bits per heavy atom. The minimum Gasteiger partial charge on any atom is -0.465 e. The van der Waals surface area contributed by atoms with E-state index in [2.05, 4.69) is 36.8 Å². The van der Waals surface area contributed by atoms with Crippen LogP contribution in [0.5, 0.6) is 0 Å². The number of rotatable bonds is 4. The van der Waals surface area contributed by atoms with Gasteiger partial charge in [0, 0.05) is 23.0 Å². The van der Waals surface area contributed by atoms with Crippen LogP contribution in [0.4, 0.5) is 0 Å². The van der Waals surface area contributed by atoms with Crippen molar-refractivity contribution < 1.29 is 19.4 Å². The van der Waals surface area contributed by atoms with Crippen LogP contribution in [0.2, 0.25) is 0 Å². The lowest BCUT2D eigenvalue weighted by atomic mass is 9.91. The number of aliphatic hydroxyl groups excluding tert-OH is 1. The summed E-state index contributed by atoms with van der Waals surface area (Å²) in [5, 5.41) is 11.0. The molecule has 0 saturated carbocycles. The Balaban J connectivity index is 2.33. The first-order valence-corrected chi connectivity index (χ1v) is 8.59. The fourth-order valence-corrected chi connectivity index (χ4v) is 3.37. The number of ether oxygens (including phenoxy) is 2. The van der Waals surface area contributed by atoms with E-state index >= 15 is 0 Å². The maximum atomic E-state index is 11.7. The molecule has 1 aliphatic heterocycles. The molecule has 1 aromatic rings. The van der Waals surface area contributed by atoms with Crippen LogP contribution in [-0.2, 0) is 14.8 Å². The number of hydrogen-bond acceptors (Lipinski definition) is 5. The fourth-order valence-electron chi connectivity index (χ4n) is 2.39. The van der Waals surface area contributed by atoms with E-state index < -0.39 is 12.1 Å². The lowest BCUT2D eigenvalue weighted by molar-refractivity contribution is 0.00521. The molecule has 2 rings (SSSR count). The highest BCUT2D eigenvalue weighted by atomic mass is 79.9. The maximum absolute atomic E-state index is 11.7. The minimum atomic E-state index is -0.673. The second-order valence-electron chi connectivity index (χ2n) is 4.87. The van der Waals surface area contributed by atoms with Crippen molar-refractivity contribution >= 4 is 37.8 Å². The molecule has 1 unspecified atom stereocenters. The number of pyridine rings is 1. The molecule has 1 aromatic heterocycles. The molecule has 116 valence electrons. The second-order valence-corrected chi connectivity index (χ2v) is 6.28. The molecule has 0 radical (unpaired) electrons. The van der Waals surface area contributed by atoms with Gasteiger partial charge >= 0.3 is 5.97 Å². The molecule has 0 spiro atoms. The van der Waals surface area contributed by atoms with E-state index in [-0.39, 0.29) is 5.92 Å². The van der Waals surface area contributed by atoms with Gasteiger partial charge in [-0.15, -0.1) is 0 Å². The summed E-state index contributed by atoms with van der Waals surface area (Å²) < 4.78 is 10.7. The van der Waals surface area contributed by atoms with Crippen LogP contribution in [0.3, 0.4) is 0 Å². The lowest BCUT2D eigenvalue weighted by Gasteiger charge is -2.27. The first-order valence-electron chi connectivity index (χ1n) is 6.67. The highest BCUT2D eigenvalue weighted by Crippen LogP contribution is 2.34. The smallest absolute Gasteiger partial charge is 0.339 e. The van der Waals surface area contributed by atoms with Crippen molar-refractivity contribution in [3.05, 3.63) is 27.5 Å². The van der Waals surface area contributed by atoms with Crippen molar-refractivity contribution in [1.29, 1.82) is 0 Å². The van der Waals surface area contributed by atoms with Gasteiger partial charge in [0.05, 0.1) is 24.1 Å². The number of nitrogens with zero attached hydrogens (tertiary/aromatic N) is 1. The molecule has 1 atom stereocenters. The topological polar surface area (TPSA) is 68.7 Å². The summed E-state index contributed by atoms with van der Waals surface area (Å²) in [4.78, 5) is 16.2. The normalized spacial score (nSPS) is 17.5. The number of aromatic nitrogens is 1. The van der Waals surface area contributed by atoms with E-state index in [9.17, 15) is 9.90 Å². The van der Waals surface area contributed by atoms with E-state index in [4.69, 9.17) is 9.47 Å². The van der Waals surface area contributed by atoms with Crippen LogP contribution in [0.25, 0.3) is 0 Å². The molecule has 1 N–H and O–H groups in total. The highest BCUT2D eigenvalue weighted by molar-refractivity contribution is 9.10. The number of hydrogen-bond donors (Lipinski definition) is 1. The molecule has 1 saturated heterocycles. The van der Waals surface area contributed by atoms with Crippen LogP contribution >= 0.6 is 31.9 Å². The van der Waals surface area contributed by atoms with E-state index in [1.165, 1.54) is 7.11 Å². The highest BCUT2D eigenvalue weighted by Gasteiger charge is 2.28. The van der Waals surface area contributed by atoms with Gasteiger partial charge in [-0.1, -0.05) is 15.9 Å². The van der Waals surface area contributed by atoms with Crippen molar-refractivity contribution in [2.45, 2.75) is 24.3 Å². The quantitative estimate of drug-likeness (QED) is 0.596. The molecular formula is C14H17Br2NO4. The van der Waals surface area contributed by atoms with Crippen LogP contribution < -0.4 is 0 Å². The van der Waals surface area contributed by atoms with Gasteiger partial charge in [-0.05, 0) is 40.8 Å². The third kappa shape index (κ3) is 3.83. The molecule has 0 bridgehead atoms. The zero-order chi connectivity index (χ0) is 15.4. The number of aliphatic hydroxyl groups is 1. The molecule has 7 heteroatoms. The molecule has 0 aliphatic carbocycles. The minimum absolute atomic E-state index is 0.120. The van der Waals surface area contributed by atoms with E-state index in [1.54, 1.807) is 6.07 Å². The number of carbonyl (C=O) groups is 1. The van der Waals surface area contributed by atoms with Crippen molar-refractivity contribution in [3.8, 4) is 0 Å². The molecule has 1 aliphatic rings. The first kappa shape index (κ1) is 16.9. The monoisotopic (exact) mass is 421 g/mol. The van der Waals surface area contributed by atoms with Gasteiger partial charge in [-0.2, -0.15) is 0 Å². The SMILES string of the molecule is COC(=O)c1cc(Br)c(C(O)C2CCOCC2)nc1CBr. The maximum Gasteiger partial charge on any atom is 0.339 e. The average Bonchev–Trinajstić information content (AvgIpc) is 2.54. The van der Waals surface area contributed by atoms with Crippen molar-refractivity contribution in [3.63, 3.8) is 0 Å². The van der Waals surface area contributed by atoms with Crippen LogP contribution in [0.1, 0.15) is 40.7 Å². The lowest BCUT2D eigenvalue weighted by Crippen LogP contribution is -2.23. The standard InChI is InChI=1S/C14H17Br2NO4/c1-20-14(19)9-6-10(16)12(17-11(9)7-15)13(18)8-2-4-21-5-3-8/h6,8,13,18H,2-5,7H2,1H3. The van der Waals surface area contributed by atoms with Gasteiger partial charge in [-0.3, -0.25) is 4.98 Å². The molecule has 5 nitrogen and oxygen atoms in total. The van der Waals surface area contributed by atoms with Crippen LogP contribution in [0.15, 0.2) is 10.5 Å². The van der Waals surface area contributed by atoms with Crippen LogP contribution in [-0.4, -0.2) is 36.4 Å². The third-order valence-corrected chi connectivity index (χ3v) is 4.77. The van der Waals surface area contributed by atoms with Crippen LogP contribution in [0, 0.1) is 5.92 Å².